The number of hydrogen-bond acceptors (Lipinski definition) is 1. The van der Waals surface area contributed by atoms with Gasteiger partial charge in [0.05, 0.1) is 6.04 Å². The lowest BCUT2D eigenvalue weighted by Gasteiger charge is -2.38. The Morgan fingerprint density at radius 1 is 1.14 bits per heavy atom. The van der Waals surface area contributed by atoms with E-state index in [4.69, 9.17) is 11.6 Å². The zero-order valence-electron chi connectivity index (χ0n) is 12.9. The van der Waals surface area contributed by atoms with Crippen LogP contribution < -0.4 is 5.32 Å². The van der Waals surface area contributed by atoms with Gasteiger partial charge in [0.1, 0.15) is 0 Å². The average molecular weight is 310 g/mol. The molecular formula is C20H20ClN. The van der Waals surface area contributed by atoms with Crippen LogP contribution in [0.4, 0.5) is 5.69 Å². The molecule has 0 aromatic heterocycles. The summed E-state index contributed by atoms with van der Waals surface area (Å²) in [7, 11) is 0. The Morgan fingerprint density at radius 3 is 2.82 bits per heavy atom. The molecule has 0 radical (unpaired) electrons. The van der Waals surface area contributed by atoms with Crippen molar-refractivity contribution in [1.82, 2.24) is 0 Å². The number of allylic oxidation sites excluding steroid dienone is 2. The van der Waals surface area contributed by atoms with Gasteiger partial charge in [0.15, 0.2) is 0 Å². The second-order valence-electron chi connectivity index (χ2n) is 6.58. The maximum atomic E-state index is 6.22. The van der Waals surface area contributed by atoms with Crippen LogP contribution >= 0.6 is 11.6 Å². The lowest BCUT2D eigenvalue weighted by atomic mass is 9.76. The Hall–Kier alpha value is -1.73. The van der Waals surface area contributed by atoms with Crippen molar-refractivity contribution < 1.29 is 0 Å². The summed E-state index contributed by atoms with van der Waals surface area (Å²) in [4.78, 5) is 0. The highest BCUT2D eigenvalue weighted by atomic mass is 35.5. The molecule has 2 heteroatoms. The summed E-state index contributed by atoms with van der Waals surface area (Å²) < 4.78 is 0. The first-order valence-electron chi connectivity index (χ1n) is 7.93. The third kappa shape index (κ3) is 2.16. The molecule has 112 valence electrons. The van der Waals surface area contributed by atoms with Crippen molar-refractivity contribution in [3.63, 3.8) is 0 Å². The highest BCUT2D eigenvalue weighted by Gasteiger charge is 2.38. The number of benzene rings is 2. The van der Waals surface area contributed by atoms with Gasteiger partial charge in [-0.25, -0.2) is 0 Å². The molecule has 1 nitrogen and oxygen atoms in total. The molecule has 3 atom stereocenters. The molecule has 0 fully saturated rings. The zero-order chi connectivity index (χ0) is 15.3. The third-order valence-corrected chi connectivity index (χ3v) is 5.25. The minimum absolute atomic E-state index is 0.326. The first-order chi connectivity index (χ1) is 10.6. The predicted molar refractivity (Wildman–Crippen MR) is 93.7 cm³/mol. The summed E-state index contributed by atoms with van der Waals surface area (Å²) in [5.41, 5.74) is 6.73. The van der Waals surface area contributed by atoms with Gasteiger partial charge in [0.2, 0.25) is 0 Å². The number of halogens is 1. The molecule has 0 saturated carbocycles. The highest BCUT2D eigenvalue weighted by Crippen LogP contribution is 2.50. The van der Waals surface area contributed by atoms with Crippen LogP contribution in [0.15, 0.2) is 48.6 Å². The number of aryl methyl sites for hydroxylation is 2. The molecule has 22 heavy (non-hydrogen) atoms. The van der Waals surface area contributed by atoms with Gasteiger partial charge in [-0.05, 0) is 55.0 Å². The van der Waals surface area contributed by atoms with Crippen LogP contribution in [0.25, 0.3) is 0 Å². The van der Waals surface area contributed by atoms with Gasteiger partial charge < -0.3 is 5.32 Å². The minimum Gasteiger partial charge on any atom is -0.377 e. The average Bonchev–Trinajstić information content (AvgIpc) is 2.96. The molecule has 1 heterocycles. The summed E-state index contributed by atoms with van der Waals surface area (Å²) >= 11 is 6.22. The Kier molecular flexibility index (Phi) is 3.27. The zero-order valence-corrected chi connectivity index (χ0v) is 13.7. The first-order valence-corrected chi connectivity index (χ1v) is 8.31. The second-order valence-corrected chi connectivity index (χ2v) is 7.01. The fraction of sp³-hybridized carbons (Fsp3) is 0.300. The molecule has 2 aliphatic rings. The highest BCUT2D eigenvalue weighted by molar-refractivity contribution is 6.30. The van der Waals surface area contributed by atoms with Crippen molar-refractivity contribution in [2.45, 2.75) is 32.2 Å². The topological polar surface area (TPSA) is 12.0 Å². The van der Waals surface area contributed by atoms with Crippen molar-refractivity contribution in [3.8, 4) is 0 Å². The number of fused-ring (bicyclic) bond motifs is 3. The molecule has 2 aromatic rings. The molecule has 0 amide bonds. The summed E-state index contributed by atoms with van der Waals surface area (Å²) in [6, 6.07) is 13.2. The minimum atomic E-state index is 0.326. The summed E-state index contributed by atoms with van der Waals surface area (Å²) in [5, 5.41) is 4.62. The standard InChI is InChI=1S/C20H20ClN/c1-12-9-13(2)19-18(10-12)16-7-4-8-17(16)20(22-19)14-5-3-6-15(21)11-14/h3-7,9-11,16-17,20,22H,8H2,1-2H3. The molecule has 3 unspecified atom stereocenters. The molecule has 0 saturated heterocycles. The van der Waals surface area contributed by atoms with Crippen LogP contribution in [-0.4, -0.2) is 0 Å². The predicted octanol–water partition coefficient (Wildman–Crippen LogP) is 5.78. The number of rotatable bonds is 1. The van der Waals surface area contributed by atoms with E-state index in [0.717, 1.165) is 11.4 Å². The van der Waals surface area contributed by atoms with Crippen LogP contribution in [0, 0.1) is 19.8 Å². The van der Waals surface area contributed by atoms with E-state index < -0.39 is 0 Å². The van der Waals surface area contributed by atoms with Crippen molar-refractivity contribution in [2.24, 2.45) is 5.92 Å². The van der Waals surface area contributed by atoms with Gasteiger partial charge in [-0.15, -0.1) is 0 Å². The van der Waals surface area contributed by atoms with E-state index in [2.05, 4.69) is 55.6 Å². The van der Waals surface area contributed by atoms with Crippen LogP contribution in [0.2, 0.25) is 5.02 Å². The quantitative estimate of drug-likeness (QED) is 0.658. The third-order valence-electron chi connectivity index (χ3n) is 5.02. The van der Waals surface area contributed by atoms with E-state index >= 15 is 0 Å². The van der Waals surface area contributed by atoms with E-state index in [1.165, 1.54) is 27.9 Å². The number of anilines is 1. The Morgan fingerprint density at radius 2 is 2.00 bits per heavy atom. The van der Waals surface area contributed by atoms with Crippen molar-refractivity contribution in [1.29, 1.82) is 0 Å². The van der Waals surface area contributed by atoms with E-state index in [1.807, 2.05) is 12.1 Å². The van der Waals surface area contributed by atoms with Gasteiger partial charge >= 0.3 is 0 Å². The Balaban J connectivity index is 1.84. The van der Waals surface area contributed by atoms with Gasteiger partial charge in [-0.2, -0.15) is 0 Å². The van der Waals surface area contributed by atoms with E-state index in [1.54, 1.807) is 0 Å². The molecule has 1 aliphatic carbocycles. The molecule has 2 aromatic carbocycles. The van der Waals surface area contributed by atoms with Crippen LogP contribution in [0.3, 0.4) is 0 Å². The number of hydrogen-bond donors (Lipinski definition) is 1. The smallest absolute Gasteiger partial charge is 0.0554 e. The second kappa shape index (κ2) is 5.17. The largest absolute Gasteiger partial charge is 0.377 e. The van der Waals surface area contributed by atoms with Crippen molar-refractivity contribution >= 4 is 17.3 Å². The van der Waals surface area contributed by atoms with E-state index in [9.17, 15) is 0 Å². The fourth-order valence-corrected chi connectivity index (χ4v) is 4.30. The Labute approximate surface area is 137 Å². The summed E-state index contributed by atoms with van der Waals surface area (Å²) in [6.07, 6.45) is 5.85. The molecule has 0 spiro atoms. The lowest BCUT2D eigenvalue weighted by molar-refractivity contribution is 0.425. The molecule has 0 bridgehead atoms. The summed E-state index contributed by atoms with van der Waals surface area (Å²) in [6.45, 7) is 4.39. The Bertz CT molecular complexity index is 762. The van der Waals surface area contributed by atoms with Gasteiger partial charge in [-0.1, -0.05) is 53.6 Å². The monoisotopic (exact) mass is 309 g/mol. The van der Waals surface area contributed by atoms with E-state index in [-0.39, 0.29) is 0 Å². The molecule has 4 rings (SSSR count). The first kappa shape index (κ1) is 13.9. The van der Waals surface area contributed by atoms with Crippen LogP contribution in [0.5, 0.6) is 0 Å². The molecule has 1 N–H and O–H groups in total. The van der Waals surface area contributed by atoms with Gasteiger partial charge in [0.25, 0.3) is 0 Å². The maximum Gasteiger partial charge on any atom is 0.0554 e. The SMILES string of the molecule is Cc1cc(C)c2c(c1)C1C=CCC1C(c1cccc(Cl)c1)N2. The van der Waals surface area contributed by atoms with E-state index in [0.29, 0.717) is 17.9 Å². The normalized spacial score (nSPS) is 25.5. The lowest BCUT2D eigenvalue weighted by Crippen LogP contribution is -2.29. The van der Waals surface area contributed by atoms with Crippen molar-refractivity contribution in [3.05, 3.63) is 75.8 Å². The van der Waals surface area contributed by atoms with Crippen molar-refractivity contribution in [2.75, 3.05) is 5.32 Å². The van der Waals surface area contributed by atoms with Crippen LogP contribution in [-0.2, 0) is 0 Å². The summed E-state index contributed by atoms with van der Waals surface area (Å²) in [5.74, 6) is 1.09. The maximum absolute atomic E-state index is 6.22. The molecular weight excluding hydrogens is 290 g/mol. The van der Waals surface area contributed by atoms with Gasteiger partial charge in [0, 0.05) is 16.6 Å². The van der Waals surface area contributed by atoms with Crippen LogP contribution in [0.1, 0.15) is 40.6 Å². The fourth-order valence-electron chi connectivity index (χ4n) is 4.10. The number of nitrogens with one attached hydrogen (secondary N) is 1. The molecule has 1 aliphatic heterocycles. The van der Waals surface area contributed by atoms with Gasteiger partial charge in [-0.3, -0.25) is 0 Å².